The molecule has 3 nitrogen and oxygen atoms in total. The van der Waals surface area contributed by atoms with E-state index < -0.39 is 0 Å². The second-order valence-corrected chi connectivity index (χ2v) is 4.39. The summed E-state index contributed by atoms with van der Waals surface area (Å²) < 4.78 is 0.846. The molecule has 2 unspecified atom stereocenters. The quantitative estimate of drug-likeness (QED) is 0.693. The summed E-state index contributed by atoms with van der Waals surface area (Å²) in [5.74, 6) is 0.167. The molecule has 1 N–H and O–H groups in total. The van der Waals surface area contributed by atoms with E-state index in [-0.39, 0.29) is 17.7 Å². The largest absolute Gasteiger partial charge is 0.322 e. The van der Waals surface area contributed by atoms with Crippen molar-refractivity contribution in [1.82, 2.24) is 10.4 Å². The number of ketones is 1. The van der Waals surface area contributed by atoms with Gasteiger partial charge in [-0.15, -0.1) is 0 Å². The van der Waals surface area contributed by atoms with Gasteiger partial charge in [0.1, 0.15) is 0 Å². The predicted molar refractivity (Wildman–Crippen MR) is 54.0 cm³/mol. The maximum absolute atomic E-state index is 11.6. The van der Waals surface area contributed by atoms with Crippen molar-refractivity contribution in [1.29, 1.82) is 0 Å². The van der Waals surface area contributed by atoms with Crippen LogP contribution >= 0.6 is 15.9 Å². The highest BCUT2D eigenvalue weighted by Crippen LogP contribution is 2.31. The van der Waals surface area contributed by atoms with Crippen LogP contribution in [0.25, 0.3) is 0 Å². The molecule has 1 aliphatic heterocycles. The molecular formula is C9H11BrN2O. The molecule has 0 bridgehead atoms. The fourth-order valence-corrected chi connectivity index (χ4v) is 2.26. The van der Waals surface area contributed by atoms with Crippen LogP contribution in [0.15, 0.2) is 22.3 Å². The van der Waals surface area contributed by atoms with E-state index in [1.807, 2.05) is 25.1 Å². The normalized spacial score (nSPS) is 33.6. The van der Waals surface area contributed by atoms with Crippen LogP contribution in [0.2, 0.25) is 0 Å². The predicted octanol–water partition coefficient (Wildman–Crippen LogP) is 1.19. The summed E-state index contributed by atoms with van der Waals surface area (Å²) in [6.07, 6.45) is 3.61. The molecule has 2 atom stereocenters. The van der Waals surface area contributed by atoms with Gasteiger partial charge in [-0.3, -0.25) is 4.79 Å². The van der Waals surface area contributed by atoms with Gasteiger partial charge in [-0.25, -0.2) is 5.01 Å². The Hall–Kier alpha value is -0.610. The minimum atomic E-state index is -0.00806. The van der Waals surface area contributed by atoms with Crippen LogP contribution in [0.4, 0.5) is 0 Å². The first-order valence-corrected chi connectivity index (χ1v) is 5.01. The van der Waals surface area contributed by atoms with Gasteiger partial charge in [0.2, 0.25) is 0 Å². The third kappa shape index (κ3) is 1.34. The Morgan fingerprint density at radius 2 is 2.23 bits per heavy atom. The minimum absolute atomic E-state index is 0.00806. The number of carbonyl (C=O) groups excluding carboxylic acids is 1. The lowest BCUT2D eigenvalue weighted by molar-refractivity contribution is -0.117. The Morgan fingerprint density at radius 3 is 2.92 bits per heavy atom. The topological polar surface area (TPSA) is 32.3 Å². The molecule has 0 aromatic rings. The maximum Gasteiger partial charge on any atom is 0.167 e. The van der Waals surface area contributed by atoms with E-state index in [1.54, 1.807) is 6.08 Å². The lowest BCUT2D eigenvalue weighted by Crippen LogP contribution is -2.33. The number of fused-ring (bicyclic) bond motifs is 1. The molecule has 2 rings (SSSR count). The average Bonchev–Trinajstić information content (AvgIpc) is 2.27. The van der Waals surface area contributed by atoms with Crippen LogP contribution in [0.1, 0.15) is 6.92 Å². The number of nitrogens with zero attached hydrogens (tertiary/aromatic N) is 1. The molecule has 0 saturated carbocycles. The van der Waals surface area contributed by atoms with Gasteiger partial charge in [0.15, 0.2) is 5.78 Å². The fraction of sp³-hybridized carbons (Fsp3) is 0.444. The third-order valence-corrected chi connectivity index (χ3v) is 3.07. The van der Waals surface area contributed by atoms with Crippen LogP contribution in [-0.4, -0.2) is 23.9 Å². The maximum atomic E-state index is 11.6. The first-order valence-electron chi connectivity index (χ1n) is 4.21. The summed E-state index contributed by atoms with van der Waals surface area (Å²) in [4.78, 5) is 11.6. The number of rotatable bonds is 0. The Balaban J connectivity index is 2.37. The van der Waals surface area contributed by atoms with Gasteiger partial charge >= 0.3 is 0 Å². The second kappa shape index (κ2) is 2.96. The van der Waals surface area contributed by atoms with Gasteiger partial charge < -0.3 is 5.43 Å². The van der Waals surface area contributed by atoms with Gasteiger partial charge in [-0.05, 0) is 19.1 Å². The molecule has 4 heteroatoms. The second-order valence-electron chi connectivity index (χ2n) is 3.47. The molecule has 1 saturated heterocycles. The van der Waals surface area contributed by atoms with E-state index in [0.29, 0.717) is 0 Å². The SMILES string of the molecule is CC1C2C(=O)C=C(Br)C=C2NN1C. The monoisotopic (exact) mass is 242 g/mol. The van der Waals surface area contributed by atoms with Gasteiger partial charge in [0.25, 0.3) is 0 Å². The number of carbonyl (C=O) groups is 1. The summed E-state index contributed by atoms with van der Waals surface area (Å²) in [6.45, 7) is 2.05. The molecule has 1 heterocycles. The first-order chi connectivity index (χ1) is 6.09. The molecule has 0 aromatic heterocycles. The molecule has 2 aliphatic rings. The van der Waals surface area contributed by atoms with Crippen molar-refractivity contribution in [3.8, 4) is 0 Å². The average molecular weight is 243 g/mol. The fourth-order valence-electron chi connectivity index (χ4n) is 1.79. The molecule has 0 aromatic carbocycles. The lowest BCUT2D eigenvalue weighted by atomic mass is 9.91. The van der Waals surface area contributed by atoms with Gasteiger partial charge in [0, 0.05) is 23.3 Å². The number of halogens is 1. The lowest BCUT2D eigenvalue weighted by Gasteiger charge is -2.16. The van der Waals surface area contributed by atoms with Crippen molar-refractivity contribution >= 4 is 21.7 Å². The molecule has 1 aliphatic carbocycles. The molecule has 13 heavy (non-hydrogen) atoms. The number of hydrazine groups is 1. The van der Waals surface area contributed by atoms with E-state index in [4.69, 9.17) is 0 Å². The number of hydrogen-bond acceptors (Lipinski definition) is 3. The molecule has 1 fully saturated rings. The summed E-state index contributed by atoms with van der Waals surface area (Å²) >= 11 is 3.31. The van der Waals surface area contributed by atoms with E-state index in [0.717, 1.165) is 10.2 Å². The van der Waals surface area contributed by atoms with Crippen LogP contribution in [0, 0.1) is 5.92 Å². The van der Waals surface area contributed by atoms with Crippen molar-refractivity contribution < 1.29 is 4.79 Å². The van der Waals surface area contributed by atoms with Crippen LogP contribution < -0.4 is 5.43 Å². The van der Waals surface area contributed by atoms with Crippen molar-refractivity contribution in [3.05, 3.63) is 22.3 Å². The Kier molecular flexibility index (Phi) is 2.04. The number of nitrogens with one attached hydrogen (secondary N) is 1. The highest BCUT2D eigenvalue weighted by Gasteiger charge is 2.38. The van der Waals surface area contributed by atoms with Gasteiger partial charge in [0.05, 0.1) is 5.92 Å². The van der Waals surface area contributed by atoms with Gasteiger partial charge in [-0.1, -0.05) is 15.9 Å². The zero-order valence-corrected chi connectivity index (χ0v) is 9.13. The number of allylic oxidation sites excluding steroid dienone is 3. The third-order valence-electron chi connectivity index (χ3n) is 2.61. The van der Waals surface area contributed by atoms with Gasteiger partial charge in [-0.2, -0.15) is 0 Å². The zero-order chi connectivity index (χ0) is 9.59. The van der Waals surface area contributed by atoms with E-state index >= 15 is 0 Å². The van der Waals surface area contributed by atoms with Crippen molar-refractivity contribution in [2.45, 2.75) is 13.0 Å². The van der Waals surface area contributed by atoms with E-state index in [9.17, 15) is 4.79 Å². The first kappa shape index (κ1) is 8.97. The number of hydrogen-bond donors (Lipinski definition) is 1. The molecule has 0 spiro atoms. The molecule has 70 valence electrons. The van der Waals surface area contributed by atoms with E-state index in [2.05, 4.69) is 21.4 Å². The van der Waals surface area contributed by atoms with Crippen molar-refractivity contribution in [2.75, 3.05) is 7.05 Å². The summed E-state index contributed by atoms with van der Waals surface area (Å²) in [5, 5.41) is 1.97. The summed E-state index contributed by atoms with van der Waals surface area (Å²) in [7, 11) is 1.95. The molecule has 0 amide bonds. The standard InChI is InChI=1S/C9H11BrN2O/c1-5-9-7(11-12(5)2)3-6(10)4-8(9)13/h3-5,9,11H,1-2H3. The van der Waals surface area contributed by atoms with Crippen LogP contribution in [-0.2, 0) is 4.79 Å². The Morgan fingerprint density at radius 1 is 1.54 bits per heavy atom. The minimum Gasteiger partial charge on any atom is -0.322 e. The molecule has 0 radical (unpaired) electrons. The van der Waals surface area contributed by atoms with Crippen LogP contribution in [0.5, 0.6) is 0 Å². The Bertz CT molecular complexity index is 322. The van der Waals surface area contributed by atoms with Crippen molar-refractivity contribution in [2.24, 2.45) is 5.92 Å². The summed E-state index contributed by atoms with van der Waals surface area (Å²) in [5.41, 5.74) is 4.16. The summed E-state index contributed by atoms with van der Waals surface area (Å²) in [6, 6.07) is 0.232. The highest BCUT2D eigenvalue weighted by molar-refractivity contribution is 9.11. The zero-order valence-electron chi connectivity index (χ0n) is 7.54. The Labute approximate surface area is 85.6 Å². The smallest absolute Gasteiger partial charge is 0.167 e. The van der Waals surface area contributed by atoms with Crippen LogP contribution in [0.3, 0.4) is 0 Å². The van der Waals surface area contributed by atoms with E-state index in [1.165, 1.54) is 0 Å². The molecular weight excluding hydrogens is 232 g/mol. The highest BCUT2D eigenvalue weighted by atomic mass is 79.9. The van der Waals surface area contributed by atoms with Crippen molar-refractivity contribution in [3.63, 3.8) is 0 Å².